The average molecular weight is 329 g/mol. The molecular weight excluding hydrogens is 318 g/mol. The lowest BCUT2D eigenvalue weighted by Gasteiger charge is -2.04. The zero-order valence-electron chi connectivity index (χ0n) is 12.1. The molecule has 122 valence electrons. The number of aromatic nitrogens is 5. The molecule has 1 amide bonds. The third kappa shape index (κ3) is 3.19. The zero-order valence-corrected chi connectivity index (χ0v) is 12.1. The molecule has 24 heavy (non-hydrogen) atoms. The van der Waals surface area contributed by atoms with Gasteiger partial charge in [-0.3, -0.25) is 4.79 Å². The number of hydrogen-bond donors (Lipinski definition) is 2. The van der Waals surface area contributed by atoms with Gasteiger partial charge in [0.25, 0.3) is 5.91 Å². The summed E-state index contributed by atoms with van der Waals surface area (Å²) in [7, 11) is 0. The Labute approximate surface area is 134 Å². The molecule has 0 fully saturated rings. The molecule has 0 aliphatic heterocycles. The molecule has 0 atom stereocenters. The fraction of sp³-hybridized carbons (Fsp3) is 0.0769. The molecule has 3 aromatic rings. The molecule has 11 nitrogen and oxygen atoms in total. The van der Waals surface area contributed by atoms with Crippen LogP contribution in [-0.2, 0) is 6.67 Å². The first kappa shape index (κ1) is 15.1. The Balaban J connectivity index is 1.69. The Morgan fingerprint density at radius 1 is 1.25 bits per heavy atom. The molecule has 2 aromatic heterocycles. The smallest absolute Gasteiger partial charge is 0.491 e. The molecule has 2 heterocycles. The van der Waals surface area contributed by atoms with Crippen molar-refractivity contribution in [1.29, 1.82) is 0 Å². The van der Waals surface area contributed by atoms with E-state index in [4.69, 9.17) is 0 Å². The van der Waals surface area contributed by atoms with Crippen molar-refractivity contribution < 1.29 is 14.8 Å². The highest BCUT2D eigenvalue weighted by atomic mass is 16.6. The molecular formula is C13H11N7O4. The van der Waals surface area contributed by atoms with E-state index in [1.165, 1.54) is 34.0 Å². The van der Waals surface area contributed by atoms with Gasteiger partial charge in [0, 0.05) is 11.3 Å². The number of carbonyl (C=O) groups excluding carboxylic acids is 1. The van der Waals surface area contributed by atoms with Crippen molar-refractivity contribution in [3.8, 4) is 5.75 Å². The van der Waals surface area contributed by atoms with E-state index in [1.807, 2.05) is 0 Å². The molecule has 2 N–H and O–H groups in total. The fourth-order valence-electron chi connectivity index (χ4n) is 1.91. The van der Waals surface area contributed by atoms with Gasteiger partial charge in [-0.25, -0.2) is 4.68 Å². The predicted octanol–water partition coefficient (Wildman–Crippen LogP) is 0.846. The quantitative estimate of drug-likeness (QED) is 0.401. The highest BCUT2D eigenvalue weighted by Crippen LogP contribution is 2.21. The summed E-state index contributed by atoms with van der Waals surface area (Å²) in [6, 6.07) is 7.79. The van der Waals surface area contributed by atoms with Gasteiger partial charge in [-0.15, -0.1) is 0 Å². The van der Waals surface area contributed by atoms with Crippen molar-refractivity contribution in [2.75, 3.05) is 5.32 Å². The van der Waals surface area contributed by atoms with Gasteiger partial charge >= 0.3 is 5.95 Å². The molecule has 0 saturated heterocycles. The first-order valence-corrected chi connectivity index (χ1v) is 6.69. The van der Waals surface area contributed by atoms with Gasteiger partial charge in [0.1, 0.15) is 5.75 Å². The first-order chi connectivity index (χ1) is 11.5. The number of para-hydroxylation sites is 2. The molecule has 0 aliphatic carbocycles. The van der Waals surface area contributed by atoms with Crippen molar-refractivity contribution in [3.05, 3.63) is 58.7 Å². The Morgan fingerprint density at radius 2 is 2.04 bits per heavy atom. The Kier molecular flexibility index (Phi) is 3.89. The van der Waals surface area contributed by atoms with Crippen LogP contribution in [-0.4, -0.2) is 40.5 Å². The number of anilines is 1. The number of rotatable bonds is 5. The average Bonchev–Trinajstić information content (AvgIpc) is 3.19. The van der Waals surface area contributed by atoms with Crippen LogP contribution in [0.5, 0.6) is 5.75 Å². The van der Waals surface area contributed by atoms with Crippen LogP contribution in [0, 0.1) is 10.1 Å². The lowest BCUT2D eigenvalue weighted by atomic mass is 10.3. The minimum Gasteiger partial charge on any atom is -0.506 e. The van der Waals surface area contributed by atoms with Crippen molar-refractivity contribution in [2.24, 2.45) is 0 Å². The second-order valence-electron chi connectivity index (χ2n) is 4.69. The molecule has 1 aromatic carbocycles. The first-order valence-electron chi connectivity index (χ1n) is 6.69. The molecule has 3 rings (SSSR count). The summed E-state index contributed by atoms with van der Waals surface area (Å²) in [6.45, 7) is 0.0602. The van der Waals surface area contributed by atoms with E-state index in [-0.39, 0.29) is 23.8 Å². The summed E-state index contributed by atoms with van der Waals surface area (Å²) in [6.07, 6.45) is 2.72. The van der Waals surface area contributed by atoms with E-state index < -0.39 is 16.8 Å². The molecule has 0 unspecified atom stereocenters. The van der Waals surface area contributed by atoms with Crippen molar-refractivity contribution in [1.82, 2.24) is 24.5 Å². The second kappa shape index (κ2) is 6.16. The summed E-state index contributed by atoms with van der Waals surface area (Å²) in [5.41, 5.74) is 0.386. The third-order valence-electron chi connectivity index (χ3n) is 3.00. The molecule has 0 bridgehead atoms. The van der Waals surface area contributed by atoms with E-state index >= 15 is 0 Å². The Morgan fingerprint density at radius 3 is 2.75 bits per heavy atom. The predicted molar refractivity (Wildman–Crippen MR) is 80.4 cm³/mol. The van der Waals surface area contributed by atoms with E-state index in [2.05, 4.69) is 20.5 Å². The number of amides is 1. The lowest BCUT2D eigenvalue weighted by molar-refractivity contribution is -0.394. The van der Waals surface area contributed by atoms with Crippen LogP contribution in [0.1, 0.15) is 10.5 Å². The third-order valence-corrected chi connectivity index (χ3v) is 3.00. The summed E-state index contributed by atoms with van der Waals surface area (Å²) >= 11 is 0. The van der Waals surface area contributed by atoms with E-state index in [1.54, 1.807) is 18.2 Å². The number of carbonyl (C=O) groups is 1. The number of phenols is 1. The topological polar surface area (TPSA) is 141 Å². The van der Waals surface area contributed by atoms with Crippen LogP contribution in [0.2, 0.25) is 0 Å². The normalized spacial score (nSPS) is 10.5. The van der Waals surface area contributed by atoms with Gasteiger partial charge in [-0.2, -0.15) is 9.78 Å². The van der Waals surface area contributed by atoms with Gasteiger partial charge < -0.3 is 20.5 Å². The van der Waals surface area contributed by atoms with Crippen LogP contribution < -0.4 is 5.32 Å². The zero-order chi connectivity index (χ0) is 17.1. The van der Waals surface area contributed by atoms with Crippen LogP contribution in [0.25, 0.3) is 0 Å². The second-order valence-corrected chi connectivity index (χ2v) is 4.69. The minimum absolute atomic E-state index is 0.0554. The lowest BCUT2D eigenvalue weighted by Crippen LogP contribution is -2.15. The van der Waals surface area contributed by atoms with Gasteiger partial charge in [-0.05, 0) is 23.1 Å². The number of phenolic OH excluding ortho intramolecular Hbond substituents is 1. The van der Waals surface area contributed by atoms with Gasteiger partial charge in [0.05, 0.1) is 5.69 Å². The van der Waals surface area contributed by atoms with Gasteiger partial charge in [-0.1, -0.05) is 17.1 Å². The summed E-state index contributed by atoms with van der Waals surface area (Å²) in [4.78, 5) is 25.5. The number of nitrogens with zero attached hydrogens (tertiary/aromatic N) is 6. The number of benzene rings is 1. The summed E-state index contributed by atoms with van der Waals surface area (Å²) in [5, 5.41) is 30.4. The maximum atomic E-state index is 12.1. The molecule has 11 heteroatoms. The molecule has 0 spiro atoms. The number of hydrogen-bond acceptors (Lipinski definition) is 7. The van der Waals surface area contributed by atoms with Gasteiger partial charge in [0.15, 0.2) is 12.4 Å². The Hall–Kier alpha value is -3.76. The molecule has 0 saturated carbocycles. The van der Waals surface area contributed by atoms with Crippen molar-refractivity contribution in [2.45, 2.75) is 6.67 Å². The minimum atomic E-state index is -0.704. The highest BCUT2D eigenvalue weighted by Gasteiger charge is 2.15. The molecule has 0 radical (unpaired) electrons. The summed E-state index contributed by atoms with van der Waals surface area (Å²) in [5.74, 6) is -1.07. The van der Waals surface area contributed by atoms with Gasteiger partial charge in [0.2, 0.25) is 6.33 Å². The van der Waals surface area contributed by atoms with Crippen LogP contribution >= 0.6 is 0 Å². The van der Waals surface area contributed by atoms with E-state index in [0.29, 0.717) is 0 Å². The largest absolute Gasteiger partial charge is 0.506 e. The number of aromatic hydroxyl groups is 1. The molecule has 0 aliphatic rings. The van der Waals surface area contributed by atoms with Crippen LogP contribution in [0.4, 0.5) is 11.6 Å². The fourth-order valence-corrected chi connectivity index (χ4v) is 1.91. The van der Waals surface area contributed by atoms with Crippen LogP contribution in [0.3, 0.4) is 0 Å². The van der Waals surface area contributed by atoms with Crippen molar-refractivity contribution in [3.63, 3.8) is 0 Å². The number of nitrogens with one attached hydrogen (secondary N) is 1. The SMILES string of the molecule is O=C(Nc1ccccc1O)c1ccn(Cn2cnc([N+](=O)[O-])n2)n1. The van der Waals surface area contributed by atoms with E-state index in [0.717, 1.165) is 0 Å². The van der Waals surface area contributed by atoms with Crippen LogP contribution in [0.15, 0.2) is 42.9 Å². The standard InChI is InChI=1S/C13H11N7O4/c21-11-4-2-1-3-9(11)15-12(22)10-5-6-18(16-10)8-19-7-14-13(17-19)20(23)24/h1-7,21H,8H2,(H,15,22). The monoisotopic (exact) mass is 329 g/mol. The maximum Gasteiger partial charge on any atom is 0.491 e. The highest BCUT2D eigenvalue weighted by molar-refractivity contribution is 6.03. The Bertz CT molecular complexity index is 901. The van der Waals surface area contributed by atoms with Crippen molar-refractivity contribution >= 4 is 17.5 Å². The summed E-state index contributed by atoms with van der Waals surface area (Å²) < 4.78 is 2.59. The maximum absolute atomic E-state index is 12.1. The number of nitro groups is 1. The van der Waals surface area contributed by atoms with E-state index in [9.17, 15) is 20.0 Å².